The maximum atomic E-state index is 11.9. The van der Waals surface area contributed by atoms with Crippen LogP contribution in [0.25, 0.3) is 0 Å². The first-order chi connectivity index (χ1) is 8.20. The zero-order valence-electron chi connectivity index (χ0n) is 8.90. The summed E-state index contributed by atoms with van der Waals surface area (Å²) in [6.45, 7) is 0. The van der Waals surface area contributed by atoms with Crippen LogP contribution in [-0.4, -0.2) is 27.3 Å². The van der Waals surface area contributed by atoms with Gasteiger partial charge in [-0.25, -0.2) is 5.10 Å². The number of H-pyrrole nitrogens is 1. The van der Waals surface area contributed by atoms with Gasteiger partial charge in [-0.1, -0.05) is 11.6 Å². The van der Waals surface area contributed by atoms with Crippen LogP contribution in [-0.2, 0) is 0 Å². The molecule has 7 heteroatoms. The largest absolute Gasteiger partial charge is 0.291 e. The smallest absolute Gasteiger partial charge is 0.259 e. The second-order valence-electron chi connectivity index (χ2n) is 3.13. The highest BCUT2D eigenvalue weighted by Crippen LogP contribution is 2.23. The SMILES string of the molecule is CSc1ccc(Cl)c(C(=O)Nc2ncn[nH]2)c1. The maximum absolute atomic E-state index is 11.9. The number of amides is 1. The molecule has 2 N–H and O–H groups in total. The number of halogens is 1. The molecule has 17 heavy (non-hydrogen) atoms. The molecule has 1 aromatic heterocycles. The summed E-state index contributed by atoms with van der Waals surface area (Å²) in [5.41, 5.74) is 0.412. The number of rotatable bonds is 3. The number of carbonyl (C=O) groups is 1. The number of nitrogens with zero attached hydrogens (tertiary/aromatic N) is 2. The third-order valence-electron chi connectivity index (χ3n) is 2.07. The summed E-state index contributed by atoms with van der Waals surface area (Å²) in [7, 11) is 0. The minimum absolute atomic E-state index is 0.292. The van der Waals surface area contributed by atoms with Crippen LogP contribution in [0, 0.1) is 0 Å². The Bertz CT molecular complexity index is 529. The minimum Gasteiger partial charge on any atom is -0.291 e. The zero-order chi connectivity index (χ0) is 12.3. The van der Waals surface area contributed by atoms with E-state index in [2.05, 4.69) is 20.5 Å². The lowest BCUT2D eigenvalue weighted by Gasteiger charge is -2.05. The van der Waals surface area contributed by atoms with Crippen molar-refractivity contribution in [3.63, 3.8) is 0 Å². The van der Waals surface area contributed by atoms with Crippen molar-refractivity contribution >= 4 is 35.2 Å². The minimum atomic E-state index is -0.317. The summed E-state index contributed by atoms with van der Waals surface area (Å²) >= 11 is 7.51. The first-order valence-corrected chi connectivity index (χ1v) is 6.31. The van der Waals surface area contributed by atoms with Gasteiger partial charge in [-0.15, -0.1) is 11.8 Å². The van der Waals surface area contributed by atoms with E-state index in [0.29, 0.717) is 16.5 Å². The molecule has 88 valence electrons. The molecule has 0 spiro atoms. The van der Waals surface area contributed by atoms with Gasteiger partial charge in [0.05, 0.1) is 10.6 Å². The average Bonchev–Trinajstić information content (AvgIpc) is 2.82. The summed E-state index contributed by atoms with van der Waals surface area (Å²) < 4.78 is 0. The van der Waals surface area contributed by atoms with Gasteiger partial charge in [0.15, 0.2) is 0 Å². The Kier molecular flexibility index (Phi) is 3.65. The van der Waals surface area contributed by atoms with Crippen molar-refractivity contribution in [2.45, 2.75) is 4.90 Å². The topological polar surface area (TPSA) is 70.7 Å². The molecule has 5 nitrogen and oxygen atoms in total. The van der Waals surface area contributed by atoms with E-state index in [1.54, 1.807) is 23.9 Å². The zero-order valence-corrected chi connectivity index (χ0v) is 10.5. The normalized spacial score (nSPS) is 10.2. The van der Waals surface area contributed by atoms with Crippen molar-refractivity contribution < 1.29 is 4.79 Å². The molecular formula is C10H9ClN4OS. The molecule has 0 unspecified atom stereocenters. The van der Waals surface area contributed by atoms with Crippen molar-refractivity contribution in [2.75, 3.05) is 11.6 Å². The van der Waals surface area contributed by atoms with Crippen molar-refractivity contribution in [1.29, 1.82) is 0 Å². The second-order valence-corrected chi connectivity index (χ2v) is 4.42. The third kappa shape index (κ3) is 2.78. The molecule has 1 aromatic carbocycles. The number of thioether (sulfide) groups is 1. The Morgan fingerprint density at radius 2 is 2.35 bits per heavy atom. The molecule has 0 radical (unpaired) electrons. The Hall–Kier alpha value is -1.53. The summed E-state index contributed by atoms with van der Waals surface area (Å²) in [6.07, 6.45) is 3.25. The van der Waals surface area contributed by atoms with Crippen LogP contribution in [0.15, 0.2) is 29.4 Å². The van der Waals surface area contributed by atoms with Crippen molar-refractivity contribution in [1.82, 2.24) is 15.2 Å². The second kappa shape index (κ2) is 5.20. The Morgan fingerprint density at radius 3 is 3.00 bits per heavy atom. The summed E-state index contributed by atoms with van der Waals surface area (Å²) in [5.74, 6) is -0.0247. The van der Waals surface area contributed by atoms with Crippen LogP contribution in [0.2, 0.25) is 5.02 Å². The number of anilines is 1. The van der Waals surface area contributed by atoms with Gasteiger partial charge in [-0.05, 0) is 24.5 Å². The van der Waals surface area contributed by atoms with E-state index >= 15 is 0 Å². The van der Waals surface area contributed by atoms with Crippen LogP contribution >= 0.6 is 23.4 Å². The van der Waals surface area contributed by atoms with Crippen LogP contribution in [0.4, 0.5) is 5.95 Å². The summed E-state index contributed by atoms with van der Waals surface area (Å²) in [4.78, 5) is 16.7. The molecule has 0 atom stereocenters. The van der Waals surface area contributed by atoms with Gasteiger partial charge in [0, 0.05) is 4.90 Å². The molecule has 1 heterocycles. The Balaban J connectivity index is 2.24. The fourth-order valence-corrected chi connectivity index (χ4v) is 1.89. The highest BCUT2D eigenvalue weighted by Gasteiger charge is 2.12. The fraction of sp³-hybridized carbons (Fsp3) is 0.100. The van der Waals surface area contributed by atoms with Crippen LogP contribution in [0.5, 0.6) is 0 Å². The van der Waals surface area contributed by atoms with Gasteiger partial charge in [0.25, 0.3) is 5.91 Å². The lowest BCUT2D eigenvalue weighted by Crippen LogP contribution is -2.13. The highest BCUT2D eigenvalue weighted by atomic mass is 35.5. The average molecular weight is 269 g/mol. The number of nitrogens with one attached hydrogen (secondary N) is 2. The van der Waals surface area contributed by atoms with Crippen LogP contribution in [0.3, 0.4) is 0 Å². The molecule has 0 aliphatic heterocycles. The molecule has 0 bridgehead atoms. The van der Waals surface area contributed by atoms with Gasteiger partial charge in [-0.3, -0.25) is 10.1 Å². The number of aromatic nitrogens is 3. The van der Waals surface area contributed by atoms with E-state index in [1.807, 2.05) is 12.3 Å². The van der Waals surface area contributed by atoms with E-state index < -0.39 is 0 Å². The number of benzene rings is 1. The van der Waals surface area contributed by atoms with Crippen LogP contribution in [0.1, 0.15) is 10.4 Å². The number of hydrogen-bond acceptors (Lipinski definition) is 4. The molecule has 2 rings (SSSR count). The molecule has 0 saturated carbocycles. The van der Waals surface area contributed by atoms with Crippen molar-refractivity contribution in [3.8, 4) is 0 Å². The van der Waals surface area contributed by atoms with Crippen molar-refractivity contribution in [3.05, 3.63) is 35.1 Å². The van der Waals surface area contributed by atoms with Crippen LogP contribution < -0.4 is 5.32 Å². The predicted octanol–water partition coefficient (Wildman–Crippen LogP) is 2.43. The van der Waals surface area contributed by atoms with E-state index in [9.17, 15) is 4.79 Å². The molecule has 0 aliphatic carbocycles. The third-order valence-corrected chi connectivity index (χ3v) is 3.12. The van der Waals surface area contributed by atoms with Gasteiger partial charge >= 0.3 is 0 Å². The summed E-state index contributed by atoms with van der Waals surface area (Å²) in [5, 5.41) is 9.15. The maximum Gasteiger partial charge on any atom is 0.259 e. The van der Waals surface area contributed by atoms with Gasteiger partial charge < -0.3 is 0 Å². The van der Waals surface area contributed by atoms with E-state index in [1.165, 1.54) is 6.33 Å². The number of hydrogen-bond donors (Lipinski definition) is 2. The van der Waals surface area contributed by atoms with E-state index in [-0.39, 0.29) is 5.91 Å². The molecule has 0 fully saturated rings. The molecular weight excluding hydrogens is 260 g/mol. The van der Waals surface area contributed by atoms with Gasteiger partial charge in [0.1, 0.15) is 6.33 Å². The highest BCUT2D eigenvalue weighted by molar-refractivity contribution is 7.98. The van der Waals surface area contributed by atoms with Gasteiger partial charge in [0.2, 0.25) is 5.95 Å². The number of aromatic amines is 1. The monoisotopic (exact) mass is 268 g/mol. The fourth-order valence-electron chi connectivity index (χ4n) is 1.25. The molecule has 0 saturated heterocycles. The number of carbonyl (C=O) groups excluding carboxylic acids is 1. The predicted molar refractivity (Wildman–Crippen MR) is 67.6 cm³/mol. The first-order valence-electron chi connectivity index (χ1n) is 4.71. The standard InChI is InChI=1S/C10H9ClN4OS/c1-17-6-2-3-8(11)7(4-6)9(16)14-10-12-5-13-15-10/h2-5H,1H3,(H2,12,13,14,15,16). The Morgan fingerprint density at radius 1 is 1.53 bits per heavy atom. The molecule has 2 aromatic rings. The van der Waals surface area contributed by atoms with Crippen molar-refractivity contribution in [2.24, 2.45) is 0 Å². The van der Waals surface area contributed by atoms with E-state index in [0.717, 1.165) is 4.90 Å². The Labute approximate surface area is 107 Å². The molecule has 0 aliphatic rings. The first kappa shape index (κ1) is 11.9. The lowest BCUT2D eigenvalue weighted by atomic mass is 10.2. The van der Waals surface area contributed by atoms with Gasteiger partial charge in [-0.2, -0.15) is 10.1 Å². The molecule has 1 amide bonds. The quantitative estimate of drug-likeness (QED) is 0.839. The summed E-state index contributed by atoms with van der Waals surface area (Å²) in [6, 6.07) is 5.29. The van der Waals surface area contributed by atoms with E-state index in [4.69, 9.17) is 11.6 Å². The lowest BCUT2D eigenvalue weighted by molar-refractivity contribution is 0.102.